The first-order valence-electron chi connectivity index (χ1n) is 5.42. The van der Waals surface area contributed by atoms with Gasteiger partial charge in [-0.2, -0.15) is 0 Å². The van der Waals surface area contributed by atoms with E-state index in [0.717, 1.165) is 18.4 Å². The number of fused-ring (bicyclic) bond motifs is 2. The Balaban J connectivity index is 0.000000317. The molecule has 2 unspecified atom stereocenters. The Kier molecular flexibility index (Phi) is 5.55. The van der Waals surface area contributed by atoms with Crippen LogP contribution >= 0.6 is 15.9 Å². The third kappa shape index (κ3) is 3.77. The fraction of sp³-hybridized carbons (Fsp3) is 0.429. The predicted molar refractivity (Wildman–Crippen MR) is 71.8 cm³/mol. The summed E-state index contributed by atoms with van der Waals surface area (Å²) >= 11 is 3.01. The number of nitriles is 1. The average molecular weight is 289 g/mol. The molecule has 0 radical (unpaired) electrons. The van der Waals surface area contributed by atoms with E-state index >= 15 is 0 Å². The van der Waals surface area contributed by atoms with E-state index in [1.54, 1.807) is 0 Å². The highest BCUT2D eigenvalue weighted by Gasteiger charge is 2.27. The molecule has 2 atom stereocenters. The van der Waals surface area contributed by atoms with Gasteiger partial charge in [-0.25, -0.2) is 10.1 Å². The van der Waals surface area contributed by atoms with Gasteiger partial charge in [-0.15, -0.1) is 6.42 Å². The minimum atomic E-state index is 0.332. The number of nitrogens with zero attached hydrogens (tertiary/aromatic N) is 2. The van der Waals surface area contributed by atoms with E-state index in [9.17, 15) is 0 Å². The Labute approximate surface area is 111 Å². The van der Waals surface area contributed by atoms with E-state index in [1.807, 2.05) is 6.07 Å². The van der Waals surface area contributed by atoms with E-state index in [1.165, 1.54) is 6.42 Å². The maximum atomic E-state index is 8.73. The van der Waals surface area contributed by atoms with Gasteiger partial charge in [0.1, 0.15) is 0 Å². The molecular formula is C14H13BrN2. The van der Waals surface area contributed by atoms with E-state index in [4.69, 9.17) is 18.3 Å². The SMILES string of the molecule is C#CCBr.[C-]#[N+]C(C#N)=C1CC2C=CC(C1)C2. The molecule has 0 aliphatic heterocycles. The van der Waals surface area contributed by atoms with Crippen LogP contribution < -0.4 is 0 Å². The Bertz CT molecular complexity index is 422. The quantitative estimate of drug-likeness (QED) is 0.220. The lowest BCUT2D eigenvalue weighted by atomic mass is 9.83. The number of halogens is 1. The van der Waals surface area contributed by atoms with E-state index in [0.29, 0.717) is 22.9 Å². The molecule has 2 aliphatic carbocycles. The minimum Gasteiger partial charge on any atom is -0.227 e. The summed E-state index contributed by atoms with van der Waals surface area (Å²) < 4.78 is 0. The monoisotopic (exact) mass is 288 g/mol. The molecule has 0 heterocycles. The number of hydrogen-bond acceptors (Lipinski definition) is 1. The van der Waals surface area contributed by atoms with Crippen molar-refractivity contribution in [2.75, 3.05) is 5.33 Å². The highest BCUT2D eigenvalue weighted by atomic mass is 79.9. The van der Waals surface area contributed by atoms with Crippen LogP contribution in [0.1, 0.15) is 19.3 Å². The second-order valence-electron chi connectivity index (χ2n) is 4.06. The first-order valence-corrected chi connectivity index (χ1v) is 6.54. The smallest absolute Gasteiger partial charge is 0.227 e. The zero-order valence-electron chi connectivity index (χ0n) is 9.49. The number of alkyl halides is 1. The number of allylic oxidation sites excluding steroid dienone is 4. The van der Waals surface area contributed by atoms with Crippen molar-refractivity contribution in [3.8, 4) is 18.4 Å². The van der Waals surface area contributed by atoms with Crippen LogP contribution in [-0.2, 0) is 0 Å². The van der Waals surface area contributed by atoms with Crippen LogP contribution in [-0.4, -0.2) is 5.33 Å². The van der Waals surface area contributed by atoms with Gasteiger partial charge in [0.15, 0.2) is 0 Å². The van der Waals surface area contributed by atoms with Gasteiger partial charge in [-0.1, -0.05) is 39.6 Å². The third-order valence-corrected chi connectivity index (χ3v) is 3.23. The maximum Gasteiger partial charge on any atom is 0.261 e. The summed E-state index contributed by atoms with van der Waals surface area (Å²) in [5.74, 6) is 3.54. The second kappa shape index (κ2) is 6.95. The molecule has 0 aromatic heterocycles. The molecule has 0 aromatic rings. The van der Waals surface area contributed by atoms with Gasteiger partial charge >= 0.3 is 0 Å². The average Bonchev–Trinajstić information content (AvgIpc) is 2.70. The Morgan fingerprint density at radius 3 is 2.41 bits per heavy atom. The normalized spacial score (nSPS) is 23.8. The fourth-order valence-corrected chi connectivity index (χ4v) is 2.26. The molecule has 86 valence electrons. The van der Waals surface area contributed by atoms with Gasteiger partial charge in [-0.05, 0) is 31.1 Å². The molecule has 2 bridgehead atoms. The van der Waals surface area contributed by atoms with Crippen LogP contribution in [0.15, 0.2) is 23.4 Å². The Morgan fingerprint density at radius 2 is 2.06 bits per heavy atom. The van der Waals surface area contributed by atoms with Crippen molar-refractivity contribution in [1.29, 1.82) is 5.26 Å². The maximum absolute atomic E-state index is 8.73. The predicted octanol–water partition coefficient (Wildman–Crippen LogP) is 3.68. The summed E-state index contributed by atoms with van der Waals surface area (Å²) in [6.45, 7) is 6.87. The molecule has 2 aliphatic rings. The number of hydrogen-bond donors (Lipinski definition) is 0. The summed E-state index contributed by atoms with van der Waals surface area (Å²) in [7, 11) is 0. The van der Waals surface area contributed by atoms with Crippen LogP contribution in [0.2, 0.25) is 0 Å². The topological polar surface area (TPSA) is 28.1 Å². The van der Waals surface area contributed by atoms with Crippen molar-refractivity contribution < 1.29 is 0 Å². The van der Waals surface area contributed by atoms with Gasteiger partial charge in [-0.3, -0.25) is 0 Å². The highest BCUT2D eigenvalue weighted by Crippen LogP contribution is 2.40. The number of terminal acetylenes is 1. The molecule has 2 rings (SSSR count). The molecule has 2 nitrogen and oxygen atoms in total. The molecule has 0 amide bonds. The third-order valence-electron chi connectivity index (χ3n) is 2.91. The van der Waals surface area contributed by atoms with Crippen LogP contribution in [0.5, 0.6) is 0 Å². The largest absolute Gasteiger partial charge is 0.261 e. The first-order chi connectivity index (χ1) is 8.24. The van der Waals surface area contributed by atoms with Gasteiger partial charge in [0.2, 0.25) is 0 Å². The van der Waals surface area contributed by atoms with Gasteiger partial charge < -0.3 is 0 Å². The number of rotatable bonds is 0. The second-order valence-corrected chi connectivity index (χ2v) is 4.62. The van der Waals surface area contributed by atoms with Crippen molar-refractivity contribution in [3.63, 3.8) is 0 Å². The van der Waals surface area contributed by atoms with Crippen LogP contribution in [0, 0.1) is 42.1 Å². The van der Waals surface area contributed by atoms with Crippen LogP contribution in [0.4, 0.5) is 0 Å². The lowest BCUT2D eigenvalue weighted by Gasteiger charge is -2.21. The standard InChI is InChI=1S/C11H10N2.C3H3Br/c1-13-11(7-12)10-5-8-2-3-9(4-8)6-10;1-2-3-4/h2-3,8-9H,4-6H2;1H,3H2. The summed E-state index contributed by atoms with van der Waals surface area (Å²) in [6, 6.07) is 1.99. The Morgan fingerprint density at radius 1 is 1.53 bits per heavy atom. The highest BCUT2D eigenvalue weighted by molar-refractivity contribution is 9.09. The molecule has 0 aromatic carbocycles. The van der Waals surface area contributed by atoms with E-state index < -0.39 is 0 Å². The van der Waals surface area contributed by atoms with E-state index in [2.05, 4.69) is 38.8 Å². The summed E-state index contributed by atoms with van der Waals surface area (Å²) in [6.07, 6.45) is 12.3. The molecule has 0 saturated heterocycles. The lowest BCUT2D eigenvalue weighted by molar-refractivity contribution is 0.453. The van der Waals surface area contributed by atoms with Crippen LogP contribution in [0.25, 0.3) is 4.85 Å². The zero-order chi connectivity index (χ0) is 12.7. The van der Waals surface area contributed by atoms with Gasteiger partial charge in [0.05, 0.1) is 18.0 Å². The van der Waals surface area contributed by atoms with Crippen molar-refractivity contribution in [1.82, 2.24) is 0 Å². The van der Waals surface area contributed by atoms with Gasteiger partial charge in [0, 0.05) is 0 Å². The summed E-state index contributed by atoms with van der Waals surface area (Å²) in [4.78, 5) is 3.27. The minimum absolute atomic E-state index is 0.332. The molecule has 3 heteroatoms. The van der Waals surface area contributed by atoms with Crippen molar-refractivity contribution in [3.05, 3.63) is 34.8 Å². The molecule has 1 fully saturated rings. The van der Waals surface area contributed by atoms with Crippen LogP contribution in [0.3, 0.4) is 0 Å². The summed E-state index contributed by atoms with van der Waals surface area (Å²) in [5.41, 5.74) is 1.40. The lowest BCUT2D eigenvalue weighted by Crippen LogP contribution is -2.09. The van der Waals surface area contributed by atoms with Crippen molar-refractivity contribution in [2.24, 2.45) is 11.8 Å². The van der Waals surface area contributed by atoms with Gasteiger partial charge in [0.25, 0.3) is 5.70 Å². The molecule has 0 spiro atoms. The molecule has 0 N–H and O–H groups in total. The van der Waals surface area contributed by atoms with Crippen molar-refractivity contribution in [2.45, 2.75) is 19.3 Å². The zero-order valence-corrected chi connectivity index (χ0v) is 11.1. The first kappa shape index (κ1) is 13.6. The molecule has 1 saturated carbocycles. The fourth-order valence-electron chi connectivity index (χ4n) is 2.26. The summed E-state index contributed by atoms with van der Waals surface area (Å²) in [5, 5.41) is 9.39. The molecular weight excluding hydrogens is 276 g/mol. The van der Waals surface area contributed by atoms with Crippen molar-refractivity contribution >= 4 is 15.9 Å². The molecule has 17 heavy (non-hydrogen) atoms. The Hall–Kier alpha value is -1.50. The van der Waals surface area contributed by atoms with E-state index in [-0.39, 0.29) is 0 Å².